The number of nitrogens with one attached hydrogen (secondary N) is 4. The van der Waals surface area contributed by atoms with Crippen molar-refractivity contribution in [2.45, 2.75) is 38.6 Å². The second kappa shape index (κ2) is 15.0. The van der Waals surface area contributed by atoms with E-state index in [9.17, 15) is 19.2 Å². The molecule has 2 aromatic carbocycles. The average Bonchev–Trinajstić information content (AvgIpc) is 2.90. The summed E-state index contributed by atoms with van der Waals surface area (Å²) in [5.74, 6) is -1.26. The van der Waals surface area contributed by atoms with Crippen LogP contribution < -0.4 is 27.0 Å². The third-order valence-electron chi connectivity index (χ3n) is 5.92. The summed E-state index contributed by atoms with van der Waals surface area (Å²) in [7, 11) is 0. The summed E-state index contributed by atoms with van der Waals surface area (Å²) < 4.78 is 0. The molecule has 200 valence electrons. The predicted octanol–water partition coefficient (Wildman–Crippen LogP) is 1.31. The first kappa shape index (κ1) is 29.9. The number of benzene rings is 2. The number of nitrogens with two attached hydrogens (primary N) is 1. The monoisotopic (exact) mass is 527 g/mol. The van der Waals surface area contributed by atoms with Crippen molar-refractivity contribution in [2.24, 2.45) is 5.73 Å². The zero-order chi connectivity index (χ0) is 27.4. The molecule has 0 aliphatic rings. The second-order valence-corrected chi connectivity index (χ2v) is 9.32. The van der Waals surface area contributed by atoms with Gasteiger partial charge in [0.25, 0.3) is 0 Å². The molecule has 0 fully saturated rings. The van der Waals surface area contributed by atoms with Crippen LogP contribution in [0.2, 0.25) is 0 Å². The van der Waals surface area contributed by atoms with Crippen molar-refractivity contribution in [3.05, 3.63) is 59.8 Å². The number of carbonyl (C=O) groups excluding carboxylic acids is 4. The summed E-state index contributed by atoms with van der Waals surface area (Å²) in [6.07, 6.45) is 0.925. The van der Waals surface area contributed by atoms with E-state index in [4.69, 9.17) is 5.73 Å². The number of amides is 3. The number of rotatable bonds is 15. The lowest BCUT2D eigenvalue weighted by Gasteiger charge is -2.15. The molecule has 6 N–H and O–H groups in total. The van der Waals surface area contributed by atoms with Gasteiger partial charge in [0.15, 0.2) is 5.78 Å². The van der Waals surface area contributed by atoms with E-state index in [1.807, 2.05) is 32.0 Å². The molecule has 1 unspecified atom stereocenters. The average molecular weight is 528 g/mol. The summed E-state index contributed by atoms with van der Waals surface area (Å²) in [5.41, 5.74) is 8.54. The van der Waals surface area contributed by atoms with Crippen LogP contribution >= 0.6 is 12.6 Å². The lowest BCUT2D eigenvalue weighted by atomic mass is 9.96. The molecule has 3 amide bonds. The molecule has 0 spiro atoms. The summed E-state index contributed by atoms with van der Waals surface area (Å²) in [4.78, 5) is 47.9. The van der Waals surface area contributed by atoms with Gasteiger partial charge in [0.1, 0.15) is 0 Å². The fraction of sp³-hybridized carbons (Fsp3) is 0.407. The maximum Gasteiger partial charge on any atom is 0.239 e. The Kier molecular flexibility index (Phi) is 12.1. The molecule has 2 aromatic rings. The largest absolute Gasteiger partial charge is 0.379 e. The molecule has 0 bridgehead atoms. The zero-order valence-electron chi connectivity index (χ0n) is 21.4. The molecule has 0 saturated heterocycles. The van der Waals surface area contributed by atoms with E-state index in [1.54, 1.807) is 0 Å². The number of fused-ring (bicyclic) bond motifs is 1. The number of Topliss-reactive ketones (excluding diaryl/α,β-unsaturated/α-hetero) is 1. The highest BCUT2D eigenvalue weighted by atomic mass is 32.1. The van der Waals surface area contributed by atoms with Gasteiger partial charge in [-0.15, -0.1) is 0 Å². The number of hydrogen-bond acceptors (Lipinski definition) is 7. The number of ketones is 1. The second-order valence-electron chi connectivity index (χ2n) is 9.01. The van der Waals surface area contributed by atoms with Gasteiger partial charge in [-0.25, -0.2) is 0 Å². The van der Waals surface area contributed by atoms with Crippen LogP contribution in [0.25, 0.3) is 10.8 Å². The van der Waals surface area contributed by atoms with Crippen LogP contribution in [0.15, 0.2) is 48.7 Å². The highest BCUT2D eigenvalue weighted by Gasteiger charge is 2.17. The highest BCUT2D eigenvalue weighted by molar-refractivity contribution is 7.81. The maximum atomic E-state index is 12.6. The van der Waals surface area contributed by atoms with Gasteiger partial charge in [0.2, 0.25) is 17.7 Å². The first-order chi connectivity index (χ1) is 17.6. The molecule has 9 nitrogen and oxygen atoms in total. The maximum absolute atomic E-state index is 12.6. The number of carbonyl (C=O) groups is 4. The van der Waals surface area contributed by atoms with E-state index in [-0.39, 0.29) is 48.9 Å². The first-order valence-electron chi connectivity index (χ1n) is 12.2. The SMILES string of the molecule is C=C(CNC(=O)CS)NCC(=O)NCC(=O)C(N)CCCNC(=O)[C@@H](C)c1ccc2cc(C)ccc2c1. The van der Waals surface area contributed by atoms with E-state index >= 15 is 0 Å². The Bertz CT molecular complexity index is 1140. The molecule has 2 rings (SSSR count). The molecule has 10 heteroatoms. The van der Waals surface area contributed by atoms with Crippen LogP contribution in [0.3, 0.4) is 0 Å². The first-order valence-corrected chi connectivity index (χ1v) is 12.9. The molecule has 0 radical (unpaired) electrons. The summed E-state index contributed by atoms with van der Waals surface area (Å²) in [6.45, 7) is 7.93. The van der Waals surface area contributed by atoms with Gasteiger partial charge in [0.05, 0.1) is 37.3 Å². The van der Waals surface area contributed by atoms with Gasteiger partial charge in [-0.1, -0.05) is 48.5 Å². The lowest BCUT2D eigenvalue weighted by molar-refractivity contribution is -0.125. The minimum absolute atomic E-state index is 0.0622. The Labute approximate surface area is 223 Å². The Morgan fingerprint density at radius 2 is 1.59 bits per heavy atom. The van der Waals surface area contributed by atoms with E-state index < -0.39 is 11.9 Å². The molecular weight excluding hydrogens is 490 g/mol. The predicted molar refractivity (Wildman–Crippen MR) is 149 cm³/mol. The van der Waals surface area contributed by atoms with Crippen LogP contribution in [-0.4, -0.2) is 61.5 Å². The van der Waals surface area contributed by atoms with Crippen molar-refractivity contribution in [2.75, 3.05) is 31.9 Å². The van der Waals surface area contributed by atoms with Gasteiger partial charge in [-0.05, 0) is 43.0 Å². The molecule has 2 atom stereocenters. The van der Waals surface area contributed by atoms with Crippen LogP contribution in [0.1, 0.15) is 36.8 Å². The van der Waals surface area contributed by atoms with Crippen molar-refractivity contribution in [1.29, 1.82) is 0 Å². The van der Waals surface area contributed by atoms with Gasteiger partial charge >= 0.3 is 0 Å². The molecule has 37 heavy (non-hydrogen) atoms. The Balaban J connectivity index is 1.64. The lowest BCUT2D eigenvalue weighted by Crippen LogP contribution is -2.43. The van der Waals surface area contributed by atoms with Crippen molar-refractivity contribution >= 4 is 46.9 Å². The normalized spacial score (nSPS) is 12.3. The summed E-state index contributed by atoms with van der Waals surface area (Å²) in [5, 5.41) is 13.0. The molecular formula is C27H37N5O4S. The highest BCUT2D eigenvalue weighted by Crippen LogP contribution is 2.22. The van der Waals surface area contributed by atoms with Crippen LogP contribution in [0.4, 0.5) is 0 Å². The van der Waals surface area contributed by atoms with E-state index in [1.165, 1.54) is 5.56 Å². The smallest absolute Gasteiger partial charge is 0.239 e. The Morgan fingerprint density at radius 1 is 0.919 bits per heavy atom. The van der Waals surface area contributed by atoms with Crippen molar-refractivity contribution in [3.8, 4) is 0 Å². The van der Waals surface area contributed by atoms with Gasteiger partial charge in [-0.3, -0.25) is 19.2 Å². The third-order valence-corrected chi connectivity index (χ3v) is 6.21. The van der Waals surface area contributed by atoms with Crippen LogP contribution in [-0.2, 0) is 19.2 Å². The molecule has 0 aliphatic carbocycles. The molecule has 0 aromatic heterocycles. The van der Waals surface area contributed by atoms with Gasteiger partial charge in [0, 0.05) is 12.2 Å². The van der Waals surface area contributed by atoms with Crippen molar-refractivity contribution in [1.82, 2.24) is 21.3 Å². The Morgan fingerprint density at radius 3 is 2.32 bits per heavy atom. The number of hydrogen-bond donors (Lipinski definition) is 6. The van der Waals surface area contributed by atoms with E-state index in [0.29, 0.717) is 25.1 Å². The topological polar surface area (TPSA) is 142 Å². The van der Waals surface area contributed by atoms with Crippen LogP contribution in [0, 0.1) is 6.92 Å². The van der Waals surface area contributed by atoms with Gasteiger partial charge < -0.3 is 27.0 Å². The van der Waals surface area contributed by atoms with Crippen molar-refractivity contribution < 1.29 is 19.2 Å². The van der Waals surface area contributed by atoms with E-state index in [2.05, 4.69) is 58.7 Å². The fourth-order valence-electron chi connectivity index (χ4n) is 3.56. The molecule has 0 aliphatic heterocycles. The fourth-order valence-corrected chi connectivity index (χ4v) is 3.67. The molecule has 0 heterocycles. The quantitative estimate of drug-likeness (QED) is 0.152. The zero-order valence-corrected chi connectivity index (χ0v) is 22.3. The summed E-state index contributed by atoms with van der Waals surface area (Å²) >= 11 is 3.85. The van der Waals surface area contributed by atoms with Crippen LogP contribution in [0.5, 0.6) is 0 Å². The van der Waals surface area contributed by atoms with Crippen molar-refractivity contribution in [3.63, 3.8) is 0 Å². The third kappa shape index (κ3) is 10.3. The molecule has 0 saturated carbocycles. The van der Waals surface area contributed by atoms with E-state index in [0.717, 1.165) is 16.3 Å². The minimum atomic E-state index is -0.738. The Hall–Kier alpha value is -3.37. The van der Waals surface area contributed by atoms with Gasteiger partial charge in [-0.2, -0.15) is 12.6 Å². The minimum Gasteiger partial charge on any atom is -0.379 e. The summed E-state index contributed by atoms with van der Waals surface area (Å²) in [6, 6.07) is 11.5. The standard InChI is InChI=1S/C27H37N5O4S/c1-17-6-7-22-12-20(8-9-21(22)11-17)19(3)27(36)29-10-4-5-23(28)24(33)14-32-25(34)15-30-18(2)13-31-26(35)16-37/h6-9,11-12,19,23,30,37H,2,4-5,10,13-16,28H2,1,3H3,(H,29,36)(H,31,35)(H,32,34)/t19-,23?/m0/s1. The number of aryl methyl sites for hydroxylation is 1. The number of thiol groups is 1.